The van der Waals surface area contributed by atoms with Gasteiger partial charge in [-0.25, -0.2) is 22.5 Å². The Bertz CT molecular complexity index is 1330. The fraction of sp³-hybridized carbons (Fsp3) is 0.400. The molecule has 4 heterocycles. The largest absolute Gasteiger partial charge is 0.329 e. The van der Waals surface area contributed by atoms with Gasteiger partial charge in [-0.15, -0.1) is 0 Å². The number of carbonyl (C=O) groups excluding carboxylic acids is 1. The number of imidazole rings is 1. The summed E-state index contributed by atoms with van der Waals surface area (Å²) in [4.78, 5) is 32.9. The van der Waals surface area contributed by atoms with Gasteiger partial charge in [0.15, 0.2) is 5.82 Å². The van der Waals surface area contributed by atoms with E-state index in [1.165, 1.54) is 24.4 Å². The van der Waals surface area contributed by atoms with Crippen molar-refractivity contribution in [3.8, 4) is 0 Å². The lowest BCUT2D eigenvalue weighted by Crippen LogP contribution is -2.52. The van der Waals surface area contributed by atoms with Gasteiger partial charge in [0.05, 0.1) is 18.0 Å². The predicted octanol–water partition coefficient (Wildman–Crippen LogP) is 3.84. The SMILES string of the molecule is C[C@@H](C(=O)Nc1cn2c(n1)CCC2c1cc(F)ccc1F)N1CCC(F)(F)[C@@H](c2ccc(=O)[nH]c2)C1. The lowest BCUT2D eigenvalue weighted by molar-refractivity contribution is -0.125. The van der Waals surface area contributed by atoms with E-state index in [2.05, 4.69) is 15.3 Å². The first kappa shape index (κ1) is 24.2. The minimum atomic E-state index is -2.98. The quantitative estimate of drug-likeness (QED) is 0.519. The number of rotatable bonds is 5. The summed E-state index contributed by atoms with van der Waals surface area (Å²) in [5.74, 6) is -4.69. The average molecular weight is 504 g/mol. The van der Waals surface area contributed by atoms with Gasteiger partial charge in [-0.2, -0.15) is 0 Å². The van der Waals surface area contributed by atoms with E-state index >= 15 is 0 Å². The number of carbonyl (C=O) groups is 1. The van der Waals surface area contributed by atoms with E-state index in [0.29, 0.717) is 24.2 Å². The summed E-state index contributed by atoms with van der Waals surface area (Å²) in [6.07, 6.45) is 3.55. The van der Waals surface area contributed by atoms with Crippen LogP contribution >= 0.6 is 0 Å². The molecule has 1 unspecified atom stereocenters. The van der Waals surface area contributed by atoms with Crippen LogP contribution in [0.15, 0.2) is 47.5 Å². The second kappa shape index (κ2) is 9.20. The molecule has 1 fully saturated rings. The van der Waals surface area contributed by atoms with Crippen molar-refractivity contribution in [3.63, 3.8) is 0 Å². The highest BCUT2D eigenvalue weighted by atomic mass is 19.3. The fourth-order valence-corrected chi connectivity index (χ4v) is 5.09. The zero-order valence-corrected chi connectivity index (χ0v) is 19.5. The van der Waals surface area contributed by atoms with Crippen molar-refractivity contribution in [1.29, 1.82) is 0 Å². The Hall–Kier alpha value is -3.47. The normalized spacial score (nSPS) is 22.2. The predicted molar refractivity (Wildman–Crippen MR) is 124 cm³/mol. The third-order valence-corrected chi connectivity index (χ3v) is 7.15. The molecule has 0 radical (unpaired) electrons. The Kier molecular flexibility index (Phi) is 6.19. The Morgan fingerprint density at radius 1 is 1.25 bits per heavy atom. The number of anilines is 1. The Morgan fingerprint density at radius 3 is 2.81 bits per heavy atom. The van der Waals surface area contributed by atoms with Crippen LogP contribution in [0.4, 0.5) is 23.4 Å². The molecule has 0 spiro atoms. The molecular weight excluding hydrogens is 478 g/mol. The molecule has 0 saturated carbocycles. The van der Waals surface area contributed by atoms with E-state index in [1.54, 1.807) is 22.6 Å². The summed E-state index contributed by atoms with van der Waals surface area (Å²) in [7, 11) is 0. The number of halogens is 4. The first-order valence-corrected chi connectivity index (χ1v) is 11.8. The topological polar surface area (TPSA) is 83.0 Å². The summed E-state index contributed by atoms with van der Waals surface area (Å²) in [6.45, 7) is 1.60. The van der Waals surface area contributed by atoms with Crippen molar-refractivity contribution < 1.29 is 22.4 Å². The highest BCUT2D eigenvalue weighted by Crippen LogP contribution is 2.40. The maximum atomic E-state index is 14.7. The zero-order chi connectivity index (χ0) is 25.6. The second-order valence-electron chi connectivity index (χ2n) is 9.38. The van der Waals surface area contributed by atoms with E-state index in [4.69, 9.17) is 0 Å². The summed E-state index contributed by atoms with van der Waals surface area (Å²) in [6, 6.07) is 4.76. The molecule has 2 aromatic heterocycles. The molecule has 11 heteroatoms. The average Bonchev–Trinajstić information content (AvgIpc) is 3.41. The molecule has 190 valence electrons. The van der Waals surface area contributed by atoms with Gasteiger partial charge in [0, 0.05) is 50.0 Å². The number of likely N-dealkylation sites (tertiary alicyclic amines) is 1. The number of nitrogens with one attached hydrogen (secondary N) is 2. The van der Waals surface area contributed by atoms with Gasteiger partial charge in [-0.3, -0.25) is 14.5 Å². The van der Waals surface area contributed by atoms with Crippen LogP contribution < -0.4 is 10.9 Å². The third-order valence-electron chi connectivity index (χ3n) is 7.15. The van der Waals surface area contributed by atoms with E-state index < -0.39 is 47.9 Å². The van der Waals surface area contributed by atoms with E-state index in [-0.39, 0.29) is 30.0 Å². The number of hydrogen-bond acceptors (Lipinski definition) is 4. The molecule has 3 atom stereocenters. The first-order chi connectivity index (χ1) is 17.1. The van der Waals surface area contributed by atoms with Crippen molar-refractivity contribution in [2.45, 2.75) is 50.1 Å². The minimum Gasteiger partial charge on any atom is -0.329 e. The van der Waals surface area contributed by atoms with Crippen molar-refractivity contribution in [1.82, 2.24) is 19.4 Å². The highest BCUT2D eigenvalue weighted by Gasteiger charge is 2.46. The zero-order valence-electron chi connectivity index (χ0n) is 19.5. The van der Waals surface area contributed by atoms with Crippen LogP contribution in [-0.4, -0.2) is 50.4 Å². The number of fused-ring (bicyclic) bond motifs is 1. The van der Waals surface area contributed by atoms with Crippen LogP contribution in [-0.2, 0) is 11.2 Å². The number of benzene rings is 1. The fourth-order valence-electron chi connectivity index (χ4n) is 5.09. The van der Waals surface area contributed by atoms with Crippen molar-refractivity contribution in [2.24, 2.45) is 0 Å². The van der Waals surface area contributed by atoms with Gasteiger partial charge < -0.3 is 14.9 Å². The van der Waals surface area contributed by atoms with E-state index in [1.807, 2.05) is 0 Å². The lowest BCUT2D eigenvalue weighted by atomic mass is 9.87. The summed E-state index contributed by atoms with van der Waals surface area (Å²) in [5.41, 5.74) is 0.148. The molecule has 2 N–H and O–H groups in total. The number of H-pyrrole nitrogens is 1. The third kappa shape index (κ3) is 4.55. The van der Waals surface area contributed by atoms with Crippen molar-refractivity contribution in [2.75, 3.05) is 18.4 Å². The number of hydrogen-bond donors (Lipinski definition) is 2. The Morgan fingerprint density at radius 2 is 2.06 bits per heavy atom. The van der Waals surface area contributed by atoms with Crippen LogP contribution in [0.5, 0.6) is 0 Å². The molecule has 0 aliphatic carbocycles. The Labute approximate surface area is 204 Å². The van der Waals surface area contributed by atoms with Crippen LogP contribution in [0, 0.1) is 11.6 Å². The minimum absolute atomic E-state index is 0.0298. The van der Waals surface area contributed by atoms with Gasteiger partial charge in [0.25, 0.3) is 5.92 Å². The van der Waals surface area contributed by atoms with Crippen LogP contribution in [0.2, 0.25) is 0 Å². The monoisotopic (exact) mass is 503 g/mol. The molecule has 3 aromatic rings. The first-order valence-electron chi connectivity index (χ1n) is 11.8. The van der Waals surface area contributed by atoms with Gasteiger partial charge in [-0.05, 0) is 37.1 Å². The Balaban J connectivity index is 1.29. The number of aryl methyl sites for hydroxylation is 1. The van der Waals surface area contributed by atoms with Crippen molar-refractivity contribution >= 4 is 11.7 Å². The number of pyridine rings is 1. The molecular formula is C25H25F4N5O2. The molecule has 2 aliphatic rings. The number of piperidine rings is 1. The maximum Gasteiger partial charge on any atom is 0.257 e. The van der Waals surface area contributed by atoms with Crippen molar-refractivity contribution in [3.05, 3.63) is 81.7 Å². The van der Waals surface area contributed by atoms with Gasteiger partial charge in [0.1, 0.15) is 17.5 Å². The van der Waals surface area contributed by atoms with Gasteiger partial charge in [-0.1, -0.05) is 6.07 Å². The molecule has 7 nitrogen and oxygen atoms in total. The summed E-state index contributed by atoms with van der Waals surface area (Å²) >= 11 is 0. The lowest BCUT2D eigenvalue weighted by Gasteiger charge is -2.40. The summed E-state index contributed by atoms with van der Waals surface area (Å²) in [5, 5.41) is 2.73. The van der Waals surface area contributed by atoms with Crippen LogP contribution in [0.1, 0.15) is 48.7 Å². The van der Waals surface area contributed by atoms with Gasteiger partial charge >= 0.3 is 0 Å². The van der Waals surface area contributed by atoms with Crippen LogP contribution in [0.3, 0.4) is 0 Å². The second-order valence-corrected chi connectivity index (χ2v) is 9.38. The number of aromatic nitrogens is 3. The smallest absolute Gasteiger partial charge is 0.257 e. The van der Waals surface area contributed by atoms with E-state index in [9.17, 15) is 27.2 Å². The molecule has 1 aromatic carbocycles. The molecule has 1 saturated heterocycles. The standard InChI is InChI=1S/C25H25F4N5O2/c1-14(33-9-8-25(28,29)18(12-33)15-2-7-23(35)30-11-15)24(36)32-21-13-34-20(5-6-22(34)31-21)17-10-16(26)3-4-19(17)27/h2-4,7,10-11,13-14,18,20H,5-6,8-9,12H2,1H3,(H,30,35)(H,32,36)/t14-,18+,20?/m0/s1. The number of amides is 1. The number of nitrogens with zero attached hydrogens (tertiary/aromatic N) is 3. The van der Waals surface area contributed by atoms with Gasteiger partial charge in [0.2, 0.25) is 11.5 Å². The number of alkyl halides is 2. The maximum absolute atomic E-state index is 14.7. The molecule has 5 rings (SSSR count). The van der Waals surface area contributed by atoms with E-state index in [0.717, 1.165) is 12.1 Å². The summed E-state index contributed by atoms with van der Waals surface area (Å²) < 4.78 is 59.1. The highest BCUT2D eigenvalue weighted by molar-refractivity contribution is 5.93. The van der Waals surface area contributed by atoms with Crippen LogP contribution in [0.25, 0.3) is 0 Å². The molecule has 2 aliphatic heterocycles. The molecule has 1 amide bonds. The number of aromatic amines is 1. The molecule has 36 heavy (non-hydrogen) atoms. The molecule has 0 bridgehead atoms.